The second-order valence-electron chi connectivity index (χ2n) is 2.41. The maximum Gasteiger partial charge on any atom is 0.193 e. The van der Waals surface area contributed by atoms with E-state index < -0.39 is 0 Å². The van der Waals surface area contributed by atoms with Crippen molar-refractivity contribution in [3.8, 4) is 0 Å². The number of nitrogens with zero attached hydrogens (tertiary/aromatic N) is 1. The lowest BCUT2D eigenvalue weighted by Gasteiger charge is -1.92. The number of thioether (sulfide) groups is 1. The summed E-state index contributed by atoms with van der Waals surface area (Å²) < 4.78 is 0. The van der Waals surface area contributed by atoms with E-state index in [0.29, 0.717) is 5.82 Å². The number of carbonyl (C=O) groups is 2. The molecule has 0 unspecified atom stereocenters. The Balaban J connectivity index is 2.54. The van der Waals surface area contributed by atoms with Gasteiger partial charge in [-0.25, -0.2) is 0 Å². The van der Waals surface area contributed by atoms with E-state index in [1.807, 2.05) is 0 Å². The van der Waals surface area contributed by atoms with Gasteiger partial charge in [0, 0.05) is 13.0 Å². The highest BCUT2D eigenvalue weighted by molar-refractivity contribution is 8.14. The number of Topliss-reactive ketones (excluding diaryl/α,β-unsaturated/α-hetero) is 1. The van der Waals surface area contributed by atoms with Crippen LogP contribution in [0.2, 0.25) is 0 Å². The summed E-state index contributed by atoms with van der Waals surface area (Å²) in [5, 5.41) is 6.03. The Bertz CT molecular complexity index is 334. The molecule has 0 aliphatic heterocycles. The van der Waals surface area contributed by atoms with Crippen LogP contribution in [0.4, 0.5) is 5.82 Å². The van der Waals surface area contributed by atoms with Gasteiger partial charge in [0.15, 0.2) is 10.9 Å². The molecule has 0 fully saturated rings. The average molecular weight is 199 g/mol. The van der Waals surface area contributed by atoms with Crippen LogP contribution in [0.1, 0.15) is 17.4 Å². The lowest BCUT2D eigenvalue weighted by molar-refractivity contribution is -0.109. The third-order valence-corrected chi connectivity index (χ3v) is 2.10. The minimum atomic E-state index is -0.201. The predicted molar refractivity (Wildman–Crippen MR) is 50.5 cm³/mol. The Hall–Kier alpha value is -1.30. The summed E-state index contributed by atoms with van der Waals surface area (Å²) >= 11 is 0.960. The quantitative estimate of drug-likeness (QED) is 0.690. The van der Waals surface area contributed by atoms with Crippen LogP contribution >= 0.6 is 11.8 Å². The molecule has 0 spiro atoms. The van der Waals surface area contributed by atoms with Crippen LogP contribution < -0.4 is 5.73 Å². The number of anilines is 1. The fourth-order valence-corrected chi connectivity index (χ4v) is 1.20. The van der Waals surface area contributed by atoms with Crippen LogP contribution in [-0.4, -0.2) is 26.8 Å². The summed E-state index contributed by atoms with van der Waals surface area (Å²) in [7, 11) is 0. The van der Waals surface area contributed by atoms with Gasteiger partial charge < -0.3 is 5.73 Å². The second-order valence-corrected chi connectivity index (χ2v) is 3.56. The number of ketones is 1. The van der Waals surface area contributed by atoms with E-state index in [9.17, 15) is 9.59 Å². The van der Waals surface area contributed by atoms with Crippen molar-refractivity contribution < 1.29 is 9.59 Å². The van der Waals surface area contributed by atoms with Crippen LogP contribution in [0.25, 0.3) is 0 Å². The fourth-order valence-electron chi connectivity index (χ4n) is 0.721. The summed E-state index contributed by atoms with van der Waals surface area (Å²) in [6.45, 7) is 1.41. The molecule has 0 aliphatic rings. The lowest BCUT2D eigenvalue weighted by atomic mass is 10.3. The zero-order chi connectivity index (χ0) is 9.84. The maximum atomic E-state index is 11.3. The molecule has 1 aromatic rings. The van der Waals surface area contributed by atoms with E-state index in [4.69, 9.17) is 5.73 Å². The molecule has 0 saturated carbocycles. The highest BCUT2D eigenvalue weighted by atomic mass is 32.2. The minimum absolute atomic E-state index is 0.0862. The lowest BCUT2D eigenvalue weighted by Crippen LogP contribution is -2.04. The second kappa shape index (κ2) is 4.08. The number of nitrogens with one attached hydrogen (secondary N) is 1. The van der Waals surface area contributed by atoms with Crippen molar-refractivity contribution in [3.63, 3.8) is 0 Å². The van der Waals surface area contributed by atoms with Crippen molar-refractivity contribution in [2.24, 2.45) is 0 Å². The van der Waals surface area contributed by atoms with Gasteiger partial charge in [0.2, 0.25) is 0 Å². The number of rotatable bonds is 3. The van der Waals surface area contributed by atoms with Crippen molar-refractivity contribution in [3.05, 3.63) is 11.8 Å². The summed E-state index contributed by atoms with van der Waals surface area (Å²) in [6.07, 6.45) is 0. The number of hydrogen-bond donors (Lipinski definition) is 2. The summed E-state index contributed by atoms with van der Waals surface area (Å²) in [5.41, 5.74) is 5.60. The average Bonchev–Trinajstić information content (AvgIpc) is 2.47. The highest BCUT2D eigenvalue weighted by Crippen LogP contribution is 2.07. The molecule has 5 nitrogen and oxygen atoms in total. The molecule has 1 heterocycles. The summed E-state index contributed by atoms with van der Waals surface area (Å²) in [6, 6.07) is 1.45. The standard InChI is InChI=1S/C7H9N3O2S/c1-4(11)13-3-6(12)5-2-7(8)10-9-5/h2H,3H2,1H3,(H3,8,9,10). The van der Waals surface area contributed by atoms with E-state index in [-0.39, 0.29) is 22.3 Å². The number of nitrogens with two attached hydrogens (primary N) is 1. The molecule has 0 saturated heterocycles. The Labute approximate surface area is 79.1 Å². The summed E-state index contributed by atoms with van der Waals surface area (Å²) in [4.78, 5) is 21.8. The summed E-state index contributed by atoms with van der Waals surface area (Å²) in [5.74, 6) is 0.254. The van der Waals surface area contributed by atoms with Gasteiger partial charge in [0.1, 0.15) is 11.5 Å². The molecule has 0 bridgehead atoms. The highest BCUT2D eigenvalue weighted by Gasteiger charge is 2.10. The molecule has 0 atom stereocenters. The van der Waals surface area contributed by atoms with Crippen LogP contribution in [-0.2, 0) is 4.79 Å². The molecule has 1 rings (SSSR count). The van der Waals surface area contributed by atoms with Gasteiger partial charge in [-0.15, -0.1) is 0 Å². The predicted octanol–water partition coefficient (Wildman–Crippen LogP) is 0.454. The Morgan fingerprint density at radius 1 is 1.69 bits per heavy atom. The fraction of sp³-hybridized carbons (Fsp3) is 0.286. The van der Waals surface area contributed by atoms with E-state index >= 15 is 0 Å². The van der Waals surface area contributed by atoms with Crippen LogP contribution in [0.3, 0.4) is 0 Å². The maximum absolute atomic E-state index is 11.3. The molecule has 0 aromatic carbocycles. The van der Waals surface area contributed by atoms with Gasteiger partial charge in [0.05, 0.1) is 5.75 Å². The molecular weight excluding hydrogens is 190 g/mol. The van der Waals surface area contributed by atoms with Crippen LogP contribution in [0.5, 0.6) is 0 Å². The molecule has 0 amide bonds. The van der Waals surface area contributed by atoms with E-state index in [2.05, 4.69) is 10.2 Å². The first-order valence-corrected chi connectivity index (χ1v) is 4.55. The van der Waals surface area contributed by atoms with E-state index in [1.165, 1.54) is 13.0 Å². The molecule has 0 radical (unpaired) electrons. The molecule has 1 aromatic heterocycles. The normalized spacial score (nSPS) is 9.92. The molecule has 3 N–H and O–H groups in total. The molecular formula is C7H9N3O2S. The molecule has 6 heteroatoms. The minimum Gasteiger partial charge on any atom is -0.384 e. The van der Waals surface area contributed by atoms with Crippen LogP contribution in [0.15, 0.2) is 6.07 Å². The first-order valence-electron chi connectivity index (χ1n) is 3.57. The van der Waals surface area contributed by atoms with Gasteiger partial charge in [-0.1, -0.05) is 11.8 Å². The van der Waals surface area contributed by atoms with Gasteiger partial charge in [0.25, 0.3) is 0 Å². The van der Waals surface area contributed by atoms with Crippen molar-refractivity contribution >= 4 is 28.5 Å². The zero-order valence-electron chi connectivity index (χ0n) is 7.03. The van der Waals surface area contributed by atoms with Crippen molar-refractivity contribution in [1.29, 1.82) is 0 Å². The number of aromatic nitrogens is 2. The van der Waals surface area contributed by atoms with Crippen molar-refractivity contribution in [2.45, 2.75) is 6.92 Å². The van der Waals surface area contributed by atoms with Crippen LogP contribution in [0, 0.1) is 0 Å². The number of carbonyl (C=O) groups excluding carboxylic acids is 2. The van der Waals surface area contributed by atoms with Gasteiger partial charge in [-0.3, -0.25) is 14.7 Å². The number of H-pyrrole nitrogens is 1. The molecule has 13 heavy (non-hydrogen) atoms. The smallest absolute Gasteiger partial charge is 0.193 e. The number of aromatic amines is 1. The first kappa shape index (κ1) is 9.79. The SMILES string of the molecule is CC(=O)SCC(=O)c1cc(N)[nH]n1. The Kier molecular flexibility index (Phi) is 3.07. The van der Waals surface area contributed by atoms with Gasteiger partial charge in [-0.05, 0) is 0 Å². The third-order valence-electron chi connectivity index (χ3n) is 1.29. The third kappa shape index (κ3) is 2.90. The number of hydrogen-bond acceptors (Lipinski definition) is 5. The first-order chi connectivity index (χ1) is 6.09. The monoisotopic (exact) mass is 199 g/mol. The molecule has 70 valence electrons. The molecule has 0 aliphatic carbocycles. The van der Waals surface area contributed by atoms with Gasteiger partial charge >= 0.3 is 0 Å². The topological polar surface area (TPSA) is 88.8 Å². The number of nitrogen functional groups attached to an aromatic ring is 1. The Morgan fingerprint density at radius 2 is 2.38 bits per heavy atom. The zero-order valence-corrected chi connectivity index (χ0v) is 7.85. The van der Waals surface area contributed by atoms with Gasteiger partial charge in [-0.2, -0.15) is 5.10 Å². The van der Waals surface area contributed by atoms with Crippen molar-refractivity contribution in [2.75, 3.05) is 11.5 Å². The Morgan fingerprint density at radius 3 is 2.85 bits per heavy atom. The van der Waals surface area contributed by atoms with E-state index in [1.54, 1.807) is 0 Å². The largest absolute Gasteiger partial charge is 0.384 e. The van der Waals surface area contributed by atoms with Crippen molar-refractivity contribution in [1.82, 2.24) is 10.2 Å². The van der Waals surface area contributed by atoms with E-state index in [0.717, 1.165) is 11.8 Å².